The highest BCUT2D eigenvalue weighted by Crippen LogP contribution is 2.26. The lowest BCUT2D eigenvalue weighted by molar-refractivity contribution is 0.414. The predicted octanol–water partition coefficient (Wildman–Crippen LogP) is 5.08. The topological polar surface area (TPSA) is 33.0 Å². The summed E-state index contributed by atoms with van der Waals surface area (Å²) in [5.41, 5.74) is 3.03. The van der Waals surface area contributed by atoms with Gasteiger partial charge in [-0.05, 0) is 47.0 Å². The average molecular weight is 340 g/mol. The number of rotatable bonds is 4. The first-order chi connectivity index (χ1) is 10.1. The fourth-order valence-electron chi connectivity index (χ4n) is 1.92. The Balaban J connectivity index is 2.37. The molecule has 0 unspecified atom stereocenters. The summed E-state index contributed by atoms with van der Waals surface area (Å²) in [7, 11) is 1.62. The molecule has 2 aromatic rings. The summed E-state index contributed by atoms with van der Waals surface area (Å²) >= 11 is 3.42. The number of ether oxygens (including phenoxy) is 1. The maximum Gasteiger partial charge on any atom is 0.119 e. The molecule has 0 N–H and O–H groups in total. The first kappa shape index (κ1) is 15.1. The maximum atomic E-state index is 9.39. The molecule has 104 valence electrons. The lowest BCUT2D eigenvalue weighted by atomic mass is 9.98. The molecule has 0 heterocycles. The van der Waals surface area contributed by atoms with Crippen molar-refractivity contribution in [3.63, 3.8) is 0 Å². The molecule has 0 spiro atoms. The van der Waals surface area contributed by atoms with E-state index in [1.807, 2.05) is 54.6 Å². The largest absolute Gasteiger partial charge is 0.497 e. The zero-order valence-electron chi connectivity index (χ0n) is 11.6. The Hall–Kier alpha value is -2.31. The highest BCUT2D eigenvalue weighted by molar-refractivity contribution is 9.10. The number of nitriles is 1. The van der Waals surface area contributed by atoms with E-state index in [1.54, 1.807) is 7.11 Å². The summed E-state index contributed by atoms with van der Waals surface area (Å²) < 4.78 is 6.18. The van der Waals surface area contributed by atoms with Crippen LogP contribution in [0.15, 0.2) is 65.2 Å². The van der Waals surface area contributed by atoms with Gasteiger partial charge in [0.15, 0.2) is 0 Å². The molecule has 2 rings (SSSR count). The van der Waals surface area contributed by atoms with Crippen LogP contribution in [-0.4, -0.2) is 7.11 Å². The Bertz CT molecular complexity index is 741. The van der Waals surface area contributed by atoms with Gasteiger partial charge >= 0.3 is 0 Å². The number of methoxy groups -OCH3 is 1. The first-order valence-corrected chi connectivity index (χ1v) is 7.14. The molecule has 0 aliphatic heterocycles. The molecular formula is C18H14BrNO. The summed E-state index contributed by atoms with van der Waals surface area (Å²) in [5.74, 6) is 0.744. The predicted molar refractivity (Wildman–Crippen MR) is 89.8 cm³/mol. The van der Waals surface area contributed by atoms with Gasteiger partial charge < -0.3 is 4.74 Å². The molecule has 0 atom stereocenters. The third-order valence-electron chi connectivity index (χ3n) is 3.02. The van der Waals surface area contributed by atoms with Gasteiger partial charge in [-0.3, -0.25) is 0 Å². The number of allylic oxidation sites excluding steroid dienone is 2. The van der Waals surface area contributed by atoms with E-state index in [1.165, 1.54) is 0 Å². The third kappa shape index (κ3) is 3.84. The Morgan fingerprint density at radius 1 is 1.24 bits per heavy atom. The van der Waals surface area contributed by atoms with Crippen molar-refractivity contribution in [3.8, 4) is 11.8 Å². The Kier molecular flexibility index (Phi) is 4.97. The minimum absolute atomic E-state index is 0.529. The minimum atomic E-state index is 0.529. The molecule has 0 saturated heterocycles. The van der Waals surface area contributed by atoms with Crippen molar-refractivity contribution in [1.82, 2.24) is 0 Å². The highest BCUT2D eigenvalue weighted by Gasteiger charge is 2.06. The normalized spacial score (nSPS) is 10.8. The van der Waals surface area contributed by atoms with Crippen molar-refractivity contribution in [1.29, 1.82) is 5.26 Å². The molecule has 2 aromatic carbocycles. The molecule has 0 radical (unpaired) electrons. The van der Waals surface area contributed by atoms with Crippen LogP contribution in [0.2, 0.25) is 0 Å². The Morgan fingerprint density at radius 3 is 2.67 bits per heavy atom. The number of nitrogens with zero attached hydrogens (tertiary/aromatic N) is 1. The van der Waals surface area contributed by atoms with Crippen LogP contribution in [0.3, 0.4) is 0 Å². The van der Waals surface area contributed by atoms with Crippen molar-refractivity contribution in [3.05, 3.63) is 76.3 Å². The van der Waals surface area contributed by atoms with E-state index in [9.17, 15) is 5.26 Å². The first-order valence-electron chi connectivity index (χ1n) is 6.35. The lowest BCUT2D eigenvalue weighted by Gasteiger charge is -2.07. The van der Waals surface area contributed by atoms with Gasteiger partial charge in [0.2, 0.25) is 0 Å². The third-order valence-corrected chi connectivity index (χ3v) is 3.52. The maximum absolute atomic E-state index is 9.39. The molecule has 21 heavy (non-hydrogen) atoms. The number of benzene rings is 2. The quantitative estimate of drug-likeness (QED) is 0.574. The van der Waals surface area contributed by atoms with Crippen LogP contribution in [0.25, 0.3) is 11.6 Å². The van der Waals surface area contributed by atoms with Crippen molar-refractivity contribution < 1.29 is 4.74 Å². The van der Waals surface area contributed by atoms with Crippen LogP contribution in [0.4, 0.5) is 0 Å². The molecule has 0 aliphatic carbocycles. The van der Waals surface area contributed by atoms with Crippen molar-refractivity contribution in [2.75, 3.05) is 7.11 Å². The van der Waals surface area contributed by atoms with Gasteiger partial charge in [-0.15, -0.1) is 0 Å². The zero-order chi connectivity index (χ0) is 15.2. The summed E-state index contributed by atoms with van der Waals surface area (Å²) in [6.07, 6.45) is 1.83. The van der Waals surface area contributed by atoms with Crippen LogP contribution in [0.1, 0.15) is 11.1 Å². The van der Waals surface area contributed by atoms with E-state index in [2.05, 4.69) is 28.6 Å². The second-order valence-electron chi connectivity index (χ2n) is 4.44. The molecule has 0 bridgehead atoms. The molecule has 0 fully saturated rings. The van der Waals surface area contributed by atoms with E-state index in [-0.39, 0.29) is 0 Å². The second-order valence-corrected chi connectivity index (χ2v) is 5.35. The molecule has 0 saturated carbocycles. The van der Waals surface area contributed by atoms with E-state index < -0.39 is 0 Å². The van der Waals surface area contributed by atoms with Crippen LogP contribution < -0.4 is 4.74 Å². The molecule has 0 amide bonds. The smallest absolute Gasteiger partial charge is 0.119 e. The summed E-state index contributed by atoms with van der Waals surface area (Å²) in [4.78, 5) is 0. The Morgan fingerprint density at radius 2 is 2.00 bits per heavy atom. The van der Waals surface area contributed by atoms with Gasteiger partial charge in [0, 0.05) is 4.47 Å². The van der Waals surface area contributed by atoms with Gasteiger partial charge in [0.05, 0.1) is 18.8 Å². The van der Waals surface area contributed by atoms with Gasteiger partial charge in [-0.2, -0.15) is 5.26 Å². The van der Waals surface area contributed by atoms with E-state index >= 15 is 0 Å². The second kappa shape index (κ2) is 6.92. The fraction of sp³-hybridized carbons (Fsp3) is 0.0556. The van der Waals surface area contributed by atoms with E-state index in [0.29, 0.717) is 11.1 Å². The average Bonchev–Trinajstić information content (AvgIpc) is 2.52. The summed E-state index contributed by atoms with van der Waals surface area (Å²) in [5, 5.41) is 9.39. The van der Waals surface area contributed by atoms with Gasteiger partial charge in [-0.1, -0.05) is 46.8 Å². The van der Waals surface area contributed by atoms with Gasteiger partial charge in [-0.25, -0.2) is 0 Å². The Labute approximate surface area is 133 Å². The van der Waals surface area contributed by atoms with Gasteiger partial charge in [0.25, 0.3) is 0 Å². The SMILES string of the molecule is C=C(/C(C#N)=C/c1cccc(Br)c1)c1cccc(OC)c1. The van der Waals surface area contributed by atoms with Crippen LogP contribution in [0.5, 0.6) is 5.75 Å². The fourth-order valence-corrected chi connectivity index (χ4v) is 2.33. The van der Waals surface area contributed by atoms with Crippen molar-refractivity contribution in [2.24, 2.45) is 0 Å². The van der Waals surface area contributed by atoms with Crippen LogP contribution in [-0.2, 0) is 0 Å². The van der Waals surface area contributed by atoms with Crippen LogP contribution in [0, 0.1) is 11.3 Å². The zero-order valence-corrected chi connectivity index (χ0v) is 13.2. The number of halogens is 1. The molecule has 0 aliphatic rings. The lowest BCUT2D eigenvalue weighted by Crippen LogP contribution is -1.89. The minimum Gasteiger partial charge on any atom is -0.497 e. The summed E-state index contributed by atoms with van der Waals surface area (Å²) in [6.45, 7) is 4.03. The van der Waals surface area contributed by atoms with Crippen molar-refractivity contribution in [2.45, 2.75) is 0 Å². The highest BCUT2D eigenvalue weighted by atomic mass is 79.9. The van der Waals surface area contributed by atoms with E-state index in [0.717, 1.165) is 21.3 Å². The molecule has 0 aromatic heterocycles. The van der Waals surface area contributed by atoms with Gasteiger partial charge in [0.1, 0.15) is 5.75 Å². The molecule has 2 nitrogen and oxygen atoms in total. The number of hydrogen-bond acceptors (Lipinski definition) is 2. The van der Waals surface area contributed by atoms with E-state index in [4.69, 9.17) is 4.74 Å². The van der Waals surface area contributed by atoms with Crippen LogP contribution >= 0.6 is 15.9 Å². The monoisotopic (exact) mass is 339 g/mol. The summed E-state index contributed by atoms with van der Waals surface area (Å²) in [6, 6.07) is 17.5. The standard InChI is InChI=1S/C18H14BrNO/c1-13(15-6-4-8-18(11-15)21-2)16(12-20)9-14-5-3-7-17(19)10-14/h3-11H,1H2,2H3/b16-9+. The van der Waals surface area contributed by atoms with Crippen molar-refractivity contribution >= 4 is 27.6 Å². The molecular weight excluding hydrogens is 326 g/mol. The molecule has 3 heteroatoms. The number of hydrogen-bond donors (Lipinski definition) is 0.